The lowest BCUT2D eigenvalue weighted by atomic mass is 9.93. The lowest BCUT2D eigenvalue weighted by Gasteiger charge is -2.50. The molecule has 0 saturated carbocycles. The highest BCUT2D eigenvalue weighted by molar-refractivity contribution is 5.74. The summed E-state index contributed by atoms with van der Waals surface area (Å²) in [6.07, 6.45) is -71.4. The van der Waals surface area contributed by atoms with Crippen molar-refractivity contribution < 1.29 is 203 Å². The number of hydrogen-bond acceptors (Lipinski definition) is 41. The van der Waals surface area contributed by atoms with Crippen molar-refractivity contribution in [1.29, 1.82) is 0 Å². The second-order valence-corrected chi connectivity index (χ2v) is 25.4. The highest BCUT2D eigenvalue weighted by Crippen LogP contribution is 2.38. The highest BCUT2D eigenvalue weighted by atomic mass is 16.8. The van der Waals surface area contributed by atoms with Crippen LogP contribution in [-0.2, 0) is 90.2 Å². The summed E-state index contributed by atoms with van der Waals surface area (Å²) in [4.78, 5) is 51.3. The molecule has 0 aromatic carbocycles. The number of hydrogen-bond donors (Lipinski definition) is 26. The van der Waals surface area contributed by atoms with Crippen LogP contribution in [0.4, 0.5) is 0 Å². The average molecular weight is 1480 g/mol. The van der Waals surface area contributed by atoms with Crippen molar-refractivity contribution in [3.63, 3.8) is 0 Å². The first-order valence-electron chi connectivity index (χ1n) is 32.1. The number of carbonyl (C=O) groups excluding carboxylic acids is 4. The molecule has 8 rings (SSSR count). The van der Waals surface area contributed by atoms with Gasteiger partial charge in [-0.1, -0.05) is 0 Å². The zero-order valence-corrected chi connectivity index (χ0v) is 54.3. The summed E-state index contributed by atoms with van der Waals surface area (Å²) in [5, 5.41) is 250. The molecule has 40 atom stereocenters. The Morgan fingerprint density at radius 1 is 0.257 bits per heavy atom. The van der Waals surface area contributed by atoms with Crippen molar-refractivity contribution >= 4 is 23.6 Å². The molecular formula is C56H94N4O41. The van der Waals surface area contributed by atoms with Crippen LogP contribution in [-0.4, -0.2) is 434 Å². The van der Waals surface area contributed by atoms with E-state index >= 15 is 0 Å². The number of rotatable bonds is 26. The first-order valence-corrected chi connectivity index (χ1v) is 32.1. The molecule has 4 amide bonds. The summed E-state index contributed by atoms with van der Waals surface area (Å²) in [7, 11) is 0. The van der Waals surface area contributed by atoms with Crippen molar-refractivity contribution in [2.75, 3.05) is 52.9 Å². The van der Waals surface area contributed by atoms with E-state index in [9.17, 15) is 132 Å². The Kier molecular flexibility index (Phi) is 29.9. The summed E-state index contributed by atoms with van der Waals surface area (Å²) >= 11 is 0. The van der Waals surface area contributed by atoms with Crippen molar-refractivity contribution in [3.8, 4) is 0 Å². The molecule has 8 saturated heterocycles. The first-order chi connectivity index (χ1) is 47.7. The minimum absolute atomic E-state index is 0.842. The topological polar surface area (TPSA) is 700 Å². The normalized spacial score (nSPS) is 48.3. The van der Waals surface area contributed by atoms with Crippen LogP contribution in [0.5, 0.6) is 0 Å². The monoisotopic (exact) mass is 1480 g/mol. The highest BCUT2D eigenvalue weighted by Gasteiger charge is 2.59. The third-order valence-electron chi connectivity index (χ3n) is 18.2. The predicted octanol–water partition coefficient (Wildman–Crippen LogP) is -17.9. The maximum Gasteiger partial charge on any atom is 0.217 e. The van der Waals surface area contributed by atoms with Gasteiger partial charge in [0.05, 0.1) is 52.9 Å². The zero-order chi connectivity index (χ0) is 74.5. The van der Waals surface area contributed by atoms with E-state index in [2.05, 4.69) is 21.3 Å². The fraction of sp³-hybridized carbons (Fsp3) is 0.929. The van der Waals surface area contributed by atoms with Crippen molar-refractivity contribution in [2.24, 2.45) is 0 Å². The molecule has 0 aliphatic carbocycles. The van der Waals surface area contributed by atoms with Gasteiger partial charge in [-0.05, 0) is 0 Å². The van der Waals surface area contributed by atoms with Crippen LogP contribution >= 0.6 is 0 Å². The van der Waals surface area contributed by atoms with E-state index in [1.165, 1.54) is 0 Å². The molecule has 1 unspecified atom stereocenters. The summed E-state index contributed by atoms with van der Waals surface area (Å²) < 4.78 is 87.8. The Morgan fingerprint density at radius 2 is 0.525 bits per heavy atom. The van der Waals surface area contributed by atoms with Gasteiger partial charge in [0.1, 0.15) is 195 Å². The molecule has 8 aliphatic heterocycles. The smallest absolute Gasteiger partial charge is 0.217 e. The molecule has 0 spiro atoms. The van der Waals surface area contributed by atoms with Crippen LogP contribution in [0.2, 0.25) is 0 Å². The SMILES string of the molecule is CC(=O)N[C@H]1[C@H](OC[C@H]2O[C@@H](O[C@H]3[C@@H](O)[C@@H](CO[C@@H]4O[C@H](CO)[C@@H](O[C@@H]5O[C@H](CO)[C@H](O)[C@H](O)[C@H]5O)[C@H](O)[C@H]4NC(C)=O)OC(O)[C@@H]3NC(C)=O)[C@H](O)[C@@H](O[C@@H]3O[C@H](CO)[C@@H](O)[C@H](O[C@@H]4O[C@H](CO)[C@H](O)[C@H](O)[C@H]4O)[C@H]3NC(C)=O)[C@H]2O)O[C@H](CO)[C@@H](O[C@@H]2O[C@H](CO)[C@H](O)[C@H](O)[C@H]2O)[C@@H]1O. The molecule has 45 heteroatoms. The van der Waals surface area contributed by atoms with E-state index in [-0.39, 0.29) is 0 Å². The van der Waals surface area contributed by atoms with Crippen LogP contribution in [0, 0.1) is 0 Å². The summed E-state index contributed by atoms with van der Waals surface area (Å²) in [6, 6.07) is -7.33. The van der Waals surface area contributed by atoms with Gasteiger partial charge in [0.15, 0.2) is 50.3 Å². The van der Waals surface area contributed by atoms with Crippen molar-refractivity contribution in [2.45, 2.75) is 273 Å². The molecule has 0 radical (unpaired) electrons. The minimum Gasteiger partial charge on any atom is -0.394 e. The van der Waals surface area contributed by atoms with E-state index in [0.29, 0.717) is 0 Å². The molecule has 45 nitrogen and oxygen atoms in total. The summed E-state index contributed by atoms with van der Waals surface area (Å²) in [5.74, 6) is -3.59. The third kappa shape index (κ3) is 18.7. The largest absolute Gasteiger partial charge is 0.394 e. The molecule has 0 aromatic rings. The summed E-state index contributed by atoms with van der Waals surface area (Å²) in [6.45, 7) is -4.11. The zero-order valence-electron chi connectivity index (χ0n) is 54.3. The van der Waals surface area contributed by atoms with Crippen LogP contribution < -0.4 is 21.3 Å². The Hall–Kier alpha value is -3.60. The fourth-order valence-corrected chi connectivity index (χ4v) is 12.9. The molecule has 0 aromatic heterocycles. The van der Waals surface area contributed by atoms with E-state index in [1.807, 2.05) is 0 Å². The molecule has 0 bridgehead atoms. The quantitative estimate of drug-likeness (QED) is 0.0382. The van der Waals surface area contributed by atoms with Crippen LogP contribution in [0.15, 0.2) is 0 Å². The van der Waals surface area contributed by atoms with Gasteiger partial charge < -0.3 is 205 Å². The number of aliphatic hydroxyl groups excluding tert-OH is 22. The van der Waals surface area contributed by atoms with Crippen LogP contribution in [0.25, 0.3) is 0 Å². The maximum atomic E-state index is 13.0. The van der Waals surface area contributed by atoms with E-state index in [1.54, 1.807) is 0 Å². The maximum absolute atomic E-state index is 13.0. The van der Waals surface area contributed by atoms with E-state index in [0.717, 1.165) is 27.7 Å². The van der Waals surface area contributed by atoms with Gasteiger partial charge in [0.25, 0.3) is 0 Å². The average Bonchev–Trinajstić information content (AvgIpc) is 0.780. The Labute approximate surface area is 572 Å². The molecule has 8 aliphatic rings. The van der Waals surface area contributed by atoms with Gasteiger partial charge in [-0.2, -0.15) is 0 Å². The predicted molar refractivity (Wildman–Crippen MR) is 311 cm³/mol. The molecule has 8 fully saturated rings. The Morgan fingerprint density at radius 3 is 0.901 bits per heavy atom. The van der Waals surface area contributed by atoms with Crippen LogP contribution in [0.3, 0.4) is 0 Å². The van der Waals surface area contributed by atoms with Gasteiger partial charge in [-0.3, -0.25) is 19.2 Å². The standard InChI is InChI=1S/C56H94N4O41/c1-13(67)57-25-35(77)44(97-53-40(82)37(79)29(71)17(5-61)91-53)21(9-65)94-50(25)87-11-23-33(75)46(27(49(86)89-23)59-15(3)69)99-56-43(85)48(101-52-28(60-16(4)70)47(32(74)20(8-64)90-52)100-55-42(84)39(81)31(73)19(7-63)93-55)34(76)24(96-56)12-88-51-26(58-14(2)68)36(78)45(22(10-66)95-51)98-54-41(83)38(80)30(72)18(6-62)92-54/h17-56,61-66,71-86H,5-12H2,1-4H3,(H,57,67)(H,58,68)(H,59,69)(H,60,70)/t17-,18-,19-,20-,21-,22-,23-,24-,25-,26-,27-,28-,29+,30+,31+,32-,33+,34+,35-,36-,37+,38+,39+,40-,41-,42-,43-,44-,45-,46-,47-,48+,49?,50-,51-,52+,53+,54+,55+,56+/m1/s1. The number of amides is 4. The Balaban J connectivity index is 1.10. The second-order valence-electron chi connectivity index (χ2n) is 25.4. The fourth-order valence-electron chi connectivity index (χ4n) is 12.9. The number of ether oxygens (including phenoxy) is 15. The number of nitrogens with one attached hydrogen (secondary N) is 4. The molecule has 584 valence electrons. The van der Waals surface area contributed by atoms with E-state index in [4.69, 9.17) is 71.1 Å². The third-order valence-corrected chi connectivity index (χ3v) is 18.2. The van der Waals surface area contributed by atoms with Gasteiger partial charge in [-0.15, -0.1) is 0 Å². The molecule has 26 N–H and O–H groups in total. The number of carbonyl (C=O) groups is 4. The van der Waals surface area contributed by atoms with Crippen LogP contribution in [0.1, 0.15) is 27.7 Å². The molecule has 101 heavy (non-hydrogen) atoms. The first kappa shape index (κ1) is 83.0. The molecule has 8 heterocycles. The van der Waals surface area contributed by atoms with Gasteiger partial charge in [0.2, 0.25) is 23.6 Å². The summed E-state index contributed by atoms with van der Waals surface area (Å²) in [5.41, 5.74) is 0. The lowest BCUT2D eigenvalue weighted by Crippen LogP contribution is -2.71. The molecular weight excluding hydrogens is 1380 g/mol. The van der Waals surface area contributed by atoms with Gasteiger partial charge in [-0.25, -0.2) is 0 Å². The minimum atomic E-state index is -2.48. The van der Waals surface area contributed by atoms with Crippen molar-refractivity contribution in [1.82, 2.24) is 21.3 Å². The van der Waals surface area contributed by atoms with Gasteiger partial charge in [0, 0.05) is 27.7 Å². The Bertz CT molecular complexity index is 2630. The van der Waals surface area contributed by atoms with Crippen molar-refractivity contribution in [3.05, 3.63) is 0 Å². The lowest BCUT2D eigenvalue weighted by molar-refractivity contribution is -0.380. The number of aliphatic hydroxyl groups is 22. The second kappa shape index (κ2) is 36.3. The van der Waals surface area contributed by atoms with Gasteiger partial charge >= 0.3 is 0 Å². The van der Waals surface area contributed by atoms with E-state index < -0.39 is 322 Å².